The van der Waals surface area contributed by atoms with Crippen LogP contribution >= 0.6 is 12.4 Å². The van der Waals surface area contributed by atoms with Crippen LogP contribution in [0.1, 0.15) is 25.7 Å². The molecule has 1 fully saturated rings. The number of halogens is 1. The Labute approximate surface area is 68.8 Å². The van der Waals surface area contributed by atoms with Crippen molar-refractivity contribution in [3.8, 4) is 0 Å². The fourth-order valence-electron chi connectivity index (χ4n) is 1.13. The summed E-state index contributed by atoms with van der Waals surface area (Å²) in [5, 5.41) is 0. The average molecular weight is 184 g/mol. The van der Waals surface area contributed by atoms with Crippen LogP contribution in [0.5, 0.6) is 0 Å². The molecule has 4 heteroatoms. The van der Waals surface area contributed by atoms with Crippen molar-refractivity contribution >= 4 is 22.1 Å². The lowest BCUT2D eigenvalue weighted by atomic mass is 10.2. The Kier molecular flexibility index (Phi) is 4.29. The molecule has 0 aromatic heterocycles. The van der Waals surface area contributed by atoms with Crippen molar-refractivity contribution < 1.29 is 4.21 Å². The molecule has 0 spiro atoms. The zero-order chi connectivity index (χ0) is 6.74. The molecular weight excluding hydrogens is 170 g/mol. The van der Waals surface area contributed by atoms with Crippen molar-refractivity contribution in [3.63, 3.8) is 0 Å². The highest BCUT2D eigenvalue weighted by Gasteiger charge is 2.09. The van der Waals surface area contributed by atoms with Crippen LogP contribution in [0, 0.1) is 4.78 Å². The second-order valence-electron chi connectivity index (χ2n) is 2.63. The molecule has 10 heavy (non-hydrogen) atoms. The van der Waals surface area contributed by atoms with Gasteiger partial charge in [-0.3, -0.25) is 4.78 Å². The molecule has 1 aliphatic rings. The summed E-state index contributed by atoms with van der Waals surface area (Å²) < 4.78 is 18.4. The lowest BCUT2D eigenvalue weighted by Gasteiger charge is -1.98. The molecule has 0 amide bonds. The topological polar surface area (TPSA) is 40.9 Å². The molecule has 0 aromatic carbocycles. The second-order valence-corrected chi connectivity index (χ2v) is 5.07. The molecule has 1 N–H and O–H groups in total. The van der Waals surface area contributed by atoms with Gasteiger partial charge in [0.1, 0.15) is 0 Å². The summed E-state index contributed by atoms with van der Waals surface area (Å²) in [6.45, 7) is 0. The van der Waals surface area contributed by atoms with Crippen LogP contribution in [0.25, 0.3) is 0 Å². The first kappa shape index (κ1) is 10.2. The van der Waals surface area contributed by atoms with E-state index >= 15 is 0 Å². The zero-order valence-electron chi connectivity index (χ0n) is 5.97. The Morgan fingerprint density at radius 1 is 1.00 bits per heavy atom. The van der Waals surface area contributed by atoms with Gasteiger partial charge in [0.25, 0.3) is 0 Å². The zero-order valence-corrected chi connectivity index (χ0v) is 7.60. The van der Waals surface area contributed by atoms with Crippen LogP contribution in [0.4, 0.5) is 0 Å². The fourth-order valence-corrected chi connectivity index (χ4v) is 2.67. The third-order valence-electron chi connectivity index (χ3n) is 1.70. The molecule has 1 rings (SSSR count). The predicted molar refractivity (Wildman–Crippen MR) is 46.3 cm³/mol. The molecule has 2 nitrogen and oxygen atoms in total. The summed E-state index contributed by atoms with van der Waals surface area (Å²) in [5.41, 5.74) is 0. The standard InChI is InChI=1S/C6H13NOS.ClH/c7-9(8)5-3-1-2-4-6-9;/h7H,1-6H2;1H. The Morgan fingerprint density at radius 2 is 1.40 bits per heavy atom. The molecule has 0 bridgehead atoms. The molecule has 0 radical (unpaired) electrons. The maximum Gasteiger partial charge on any atom is 0.0441 e. The minimum Gasteiger partial charge on any atom is -0.253 e. The van der Waals surface area contributed by atoms with E-state index in [-0.39, 0.29) is 12.4 Å². The van der Waals surface area contributed by atoms with E-state index in [2.05, 4.69) is 0 Å². The molecule has 62 valence electrons. The first-order chi connectivity index (χ1) is 4.21. The van der Waals surface area contributed by atoms with Gasteiger partial charge in [-0.2, -0.15) is 0 Å². The summed E-state index contributed by atoms with van der Waals surface area (Å²) in [5.74, 6) is 1.29. The smallest absolute Gasteiger partial charge is 0.0441 e. The van der Waals surface area contributed by atoms with E-state index in [1.807, 2.05) is 0 Å². The number of rotatable bonds is 0. The van der Waals surface area contributed by atoms with Gasteiger partial charge in [-0.15, -0.1) is 12.4 Å². The van der Waals surface area contributed by atoms with Crippen LogP contribution in [0.2, 0.25) is 0 Å². The van der Waals surface area contributed by atoms with Crippen molar-refractivity contribution in [2.45, 2.75) is 25.7 Å². The highest BCUT2D eigenvalue weighted by Crippen LogP contribution is 2.11. The van der Waals surface area contributed by atoms with Crippen molar-refractivity contribution in [2.24, 2.45) is 0 Å². The lowest BCUT2D eigenvalue weighted by Crippen LogP contribution is -2.05. The third-order valence-corrected chi connectivity index (χ3v) is 3.59. The van der Waals surface area contributed by atoms with Gasteiger partial charge in [-0.25, -0.2) is 4.21 Å². The summed E-state index contributed by atoms with van der Waals surface area (Å²) in [4.78, 5) is 0. The van der Waals surface area contributed by atoms with Gasteiger partial charge in [0.15, 0.2) is 0 Å². The van der Waals surface area contributed by atoms with Gasteiger partial charge >= 0.3 is 0 Å². The van der Waals surface area contributed by atoms with Crippen LogP contribution in [-0.4, -0.2) is 15.7 Å². The first-order valence-electron chi connectivity index (χ1n) is 3.45. The average Bonchev–Trinajstić information content (AvgIpc) is 1.92. The first-order valence-corrected chi connectivity index (χ1v) is 5.34. The lowest BCUT2D eigenvalue weighted by molar-refractivity contribution is 0.674. The van der Waals surface area contributed by atoms with E-state index in [9.17, 15) is 4.21 Å². The van der Waals surface area contributed by atoms with Gasteiger partial charge in [-0.1, -0.05) is 12.8 Å². The van der Waals surface area contributed by atoms with E-state index in [1.54, 1.807) is 0 Å². The van der Waals surface area contributed by atoms with Gasteiger partial charge in [0.2, 0.25) is 0 Å². The molecule has 0 unspecified atom stereocenters. The molecule has 0 atom stereocenters. The molecule has 1 heterocycles. The summed E-state index contributed by atoms with van der Waals surface area (Å²) in [6, 6.07) is 0. The maximum absolute atomic E-state index is 11.1. The van der Waals surface area contributed by atoms with Gasteiger partial charge in [0, 0.05) is 21.2 Å². The highest BCUT2D eigenvalue weighted by molar-refractivity contribution is 7.92. The van der Waals surface area contributed by atoms with Crippen LogP contribution in [0.15, 0.2) is 0 Å². The van der Waals surface area contributed by atoms with E-state index in [4.69, 9.17) is 4.78 Å². The SMILES string of the molecule is Cl.N=S1(=O)CCCCCC1. The molecule has 1 aliphatic heterocycles. The van der Waals surface area contributed by atoms with Gasteiger partial charge in [0.05, 0.1) is 0 Å². The van der Waals surface area contributed by atoms with E-state index in [0.717, 1.165) is 12.8 Å². The molecule has 0 aliphatic carbocycles. The van der Waals surface area contributed by atoms with Crippen molar-refractivity contribution in [1.29, 1.82) is 4.78 Å². The van der Waals surface area contributed by atoms with Gasteiger partial charge < -0.3 is 0 Å². The maximum atomic E-state index is 11.1. The van der Waals surface area contributed by atoms with Crippen molar-refractivity contribution in [2.75, 3.05) is 11.5 Å². The van der Waals surface area contributed by atoms with Crippen LogP contribution in [-0.2, 0) is 9.73 Å². The number of hydrogen-bond donors (Lipinski definition) is 1. The molecule has 0 aromatic rings. The van der Waals surface area contributed by atoms with E-state index in [1.165, 1.54) is 12.8 Å². The second kappa shape index (κ2) is 4.19. The molecule has 0 saturated carbocycles. The number of hydrogen-bond acceptors (Lipinski definition) is 2. The minimum atomic E-state index is -2.12. The van der Waals surface area contributed by atoms with Gasteiger partial charge in [-0.05, 0) is 12.8 Å². The minimum absolute atomic E-state index is 0. The highest BCUT2D eigenvalue weighted by atomic mass is 35.5. The summed E-state index contributed by atoms with van der Waals surface area (Å²) in [6.07, 6.45) is 4.36. The molecular formula is C6H14ClNOS. The number of nitrogens with one attached hydrogen (secondary N) is 1. The Bertz CT molecular complexity index is 162. The largest absolute Gasteiger partial charge is 0.253 e. The van der Waals surface area contributed by atoms with Crippen LogP contribution < -0.4 is 0 Å². The summed E-state index contributed by atoms with van der Waals surface area (Å²) in [7, 11) is -2.12. The van der Waals surface area contributed by atoms with E-state index in [0.29, 0.717) is 11.5 Å². The Morgan fingerprint density at radius 3 is 1.80 bits per heavy atom. The molecule has 1 saturated heterocycles. The fraction of sp³-hybridized carbons (Fsp3) is 1.00. The Balaban J connectivity index is 0.000000810. The monoisotopic (exact) mass is 183 g/mol. The van der Waals surface area contributed by atoms with Crippen LogP contribution in [0.3, 0.4) is 0 Å². The summed E-state index contributed by atoms with van der Waals surface area (Å²) >= 11 is 0. The van der Waals surface area contributed by atoms with E-state index < -0.39 is 9.73 Å². The Hall–Kier alpha value is 0.240. The van der Waals surface area contributed by atoms with Crippen molar-refractivity contribution in [3.05, 3.63) is 0 Å². The quantitative estimate of drug-likeness (QED) is 0.614. The normalized spacial score (nSPS) is 24.4. The van der Waals surface area contributed by atoms with Crippen molar-refractivity contribution in [1.82, 2.24) is 0 Å². The third kappa shape index (κ3) is 3.42. The predicted octanol–water partition coefficient (Wildman–Crippen LogP) is 2.03.